The first kappa shape index (κ1) is 14.7. The molecule has 1 aromatic rings. The summed E-state index contributed by atoms with van der Waals surface area (Å²) in [6, 6.07) is 2.01. The minimum absolute atomic E-state index is 0.152. The number of rotatable bonds is 4. The Kier molecular flexibility index (Phi) is 4.52. The van der Waals surface area contributed by atoms with Gasteiger partial charge in [-0.1, -0.05) is 13.0 Å². The Labute approximate surface area is 109 Å². The van der Waals surface area contributed by atoms with Gasteiger partial charge in [-0.2, -0.15) is 0 Å². The third kappa shape index (κ3) is 2.56. The SMILES string of the molecule is CNC(c1c(C)c(C)cc(C)c1C)C(C)C(=O)O. The second-order valence-electron chi connectivity index (χ2n) is 5.07. The van der Waals surface area contributed by atoms with E-state index >= 15 is 0 Å². The number of carbonyl (C=O) groups is 1. The highest BCUT2D eigenvalue weighted by atomic mass is 16.4. The molecule has 0 saturated heterocycles. The predicted octanol–water partition coefficient (Wildman–Crippen LogP) is 2.90. The van der Waals surface area contributed by atoms with Crippen LogP contribution in [0.5, 0.6) is 0 Å². The summed E-state index contributed by atoms with van der Waals surface area (Å²) in [4.78, 5) is 11.2. The van der Waals surface area contributed by atoms with E-state index in [-0.39, 0.29) is 6.04 Å². The Hall–Kier alpha value is -1.35. The third-order valence-corrected chi connectivity index (χ3v) is 3.94. The number of hydrogen-bond donors (Lipinski definition) is 2. The normalized spacial score (nSPS) is 14.3. The molecule has 0 spiro atoms. The number of benzene rings is 1. The number of nitrogens with one attached hydrogen (secondary N) is 1. The van der Waals surface area contributed by atoms with Crippen LogP contribution in [0.25, 0.3) is 0 Å². The molecular formula is C15H23NO2. The van der Waals surface area contributed by atoms with Gasteiger partial charge in [-0.3, -0.25) is 4.79 Å². The van der Waals surface area contributed by atoms with Crippen LogP contribution in [0.4, 0.5) is 0 Å². The minimum atomic E-state index is -0.771. The van der Waals surface area contributed by atoms with Gasteiger partial charge in [-0.25, -0.2) is 0 Å². The van der Waals surface area contributed by atoms with Crippen LogP contribution in [0.2, 0.25) is 0 Å². The van der Waals surface area contributed by atoms with E-state index in [1.165, 1.54) is 22.3 Å². The first-order valence-corrected chi connectivity index (χ1v) is 6.28. The van der Waals surface area contributed by atoms with Crippen LogP contribution < -0.4 is 5.32 Å². The molecule has 0 radical (unpaired) electrons. The lowest BCUT2D eigenvalue weighted by Crippen LogP contribution is -2.30. The Morgan fingerprint density at radius 1 is 1.17 bits per heavy atom. The van der Waals surface area contributed by atoms with Crippen LogP contribution in [0, 0.1) is 33.6 Å². The zero-order chi connectivity index (χ0) is 14.0. The van der Waals surface area contributed by atoms with Crippen molar-refractivity contribution in [3.05, 3.63) is 33.9 Å². The number of carboxylic acid groups (broad SMARTS) is 1. The van der Waals surface area contributed by atoms with Crippen molar-refractivity contribution < 1.29 is 9.90 Å². The van der Waals surface area contributed by atoms with Crippen molar-refractivity contribution in [3.63, 3.8) is 0 Å². The molecule has 0 heterocycles. The van der Waals surface area contributed by atoms with Gasteiger partial charge in [0.2, 0.25) is 0 Å². The van der Waals surface area contributed by atoms with Crippen molar-refractivity contribution >= 4 is 5.97 Å². The molecule has 0 amide bonds. The van der Waals surface area contributed by atoms with E-state index in [1.807, 2.05) is 7.05 Å². The van der Waals surface area contributed by atoms with E-state index < -0.39 is 11.9 Å². The molecule has 0 aliphatic rings. The molecule has 3 nitrogen and oxygen atoms in total. The van der Waals surface area contributed by atoms with Crippen molar-refractivity contribution in [1.82, 2.24) is 5.32 Å². The molecule has 3 heteroatoms. The quantitative estimate of drug-likeness (QED) is 0.862. The highest BCUT2D eigenvalue weighted by Crippen LogP contribution is 2.31. The van der Waals surface area contributed by atoms with Crippen molar-refractivity contribution in [2.24, 2.45) is 5.92 Å². The lowest BCUT2D eigenvalue weighted by molar-refractivity contribution is -0.142. The lowest BCUT2D eigenvalue weighted by atomic mass is 9.85. The summed E-state index contributed by atoms with van der Waals surface area (Å²) in [6.45, 7) is 10.0. The van der Waals surface area contributed by atoms with E-state index in [4.69, 9.17) is 0 Å². The fourth-order valence-electron chi connectivity index (χ4n) is 2.50. The number of aryl methyl sites for hydroxylation is 2. The first-order chi connectivity index (χ1) is 8.31. The fourth-order valence-corrected chi connectivity index (χ4v) is 2.50. The fraction of sp³-hybridized carbons (Fsp3) is 0.533. The highest BCUT2D eigenvalue weighted by Gasteiger charge is 2.27. The second-order valence-corrected chi connectivity index (χ2v) is 5.07. The number of aliphatic carboxylic acids is 1. The van der Waals surface area contributed by atoms with Gasteiger partial charge in [0.15, 0.2) is 0 Å². The van der Waals surface area contributed by atoms with E-state index in [9.17, 15) is 9.90 Å². The molecule has 2 unspecified atom stereocenters. The average molecular weight is 249 g/mol. The smallest absolute Gasteiger partial charge is 0.308 e. The molecule has 0 saturated carbocycles. The summed E-state index contributed by atoms with van der Waals surface area (Å²) in [5.74, 6) is -1.22. The summed E-state index contributed by atoms with van der Waals surface area (Å²) in [5.41, 5.74) is 5.93. The summed E-state index contributed by atoms with van der Waals surface area (Å²) in [6.07, 6.45) is 0. The molecule has 0 aliphatic heterocycles. The van der Waals surface area contributed by atoms with Crippen LogP contribution >= 0.6 is 0 Å². The molecule has 18 heavy (non-hydrogen) atoms. The summed E-state index contributed by atoms with van der Waals surface area (Å²) in [7, 11) is 1.82. The first-order valence-electron chi connectivity index (χ1n) is 6.28. The maximum atomic E-state index is 11.2. The van der Waals surface area contributed by atoms with Crippen LogP contribution in [0.3, 0.4) is 0 Å². The van der Waals surface area contributed by atoms with E-state index in [1.54, 1.807) is 6.92 Å². The number of carboxylic acids is 1. The third-order valence-electron chi connectivity index (χ3n) is 3.94. The summed E-state index contributed by atoms with van der Waals surface area (Å²) < 4.78 is 0. The van der Waals surface area contributed by atoms with Crippen molar-refractivity contribution in [1.29, 1.82) is 0 Å². The van der Waals surface area contributed by atoms with Gasteiger partial charge in [0, 0.05) is 6.04 Å². The topological polar surface area (TPSA) is 49.3 Å². The van der Waals surface area contributed by atoms with Crippen molar-refractivity contribution in [3.8, 4) is 0 Å². The molecule has 0 aromatic heterocycles. The number of hydrogen-bond acceptors (Lipinski definition) is 2. The predicted molar refractivity (Wildman–Crippen MR) is 74.0 cm³/mol. The maximum Gasteiger partial charge on any atom is 0.308 e. The Balaban J connectivity index is 3.42. The minimum Gasteiger partial charge on any atom is -0.481 e. The lowest BCUT2D eigenvalue weighted by Gasteiger charge is -2.26. The Morgan fingerprint density at radius 3 is 1.94 bits per heavy atom. The Bertz CT molecular complexity index is 440. The van der Waals surface area contributed by atoms with Gasteiger partial charge >= 0.3 is 5.97 Å². The standard InChI is InChI=1S/C15H23NO2/c1-8-7-9(2)11(4)13(10(8)3)14(16-6)12(5)15(17)18/h7,12,14,16H,1-6H3,(H,17,18). The van der Waals surface area contributed by atoms with Gasteiger partial charge < -0.3 is 10.4 Å². The van der Waals surface area contributed by atoms with E-state index in [0.717, 1.165) is 5.56 Å². The van der Waals surface area contributed by atoms with Crippen LogP contribution in [-0.2, 0) is 4.79 Å². The summed E-state index contributed by atoms with van der Waals surface area (Å²) in [5, 5.41) is 12.4. The zero-order valence-corrected chi connectivity index (χ0v) is 12.1. The average Bonchev–Trinajstić information content (AvgIpc) is 2.31. The molecule has 0 bridgehead atoms. The van der Waals surface area contributed by atoms with Crippen LogP contribution in [-0.4, -0.2) is 18.1 Å². The monoisotopic (exact) mass is 249 g/mol. The van der Waals surface area contributed by atoms with Crippen molar-refractivity contribution in [2.75, 3.05) is 7.05 Å². The highest BCUT2D eigenvalue weighted by molar-refractivity contribution is 5.71. The van der Waals surface area contributed by atoms with Gasteiger partial charge in [-0.05, 0) is 62.6 Å². The van der Waals surface area contributed by atoms with E-state index in [0.29, 0.717) is 0 Å². The van der Waals surface area contributed by atoms with E-state index in [2.05, 4.69) is 39.1 Å². The van der Waals surface area contributed by atoms with Crippen LogP contribution in [0.1, 0.15) is 40.8 Å². The molecule has 100 valence electrons. The zero-order valence-electron chi connectivity index (χ0n) is 12.1. The molecule has 2 N–H and O–H groups in total. The molecular weight excluding hydrogens is 226 g/mol. The van der Waals surface area contributed by atoms with Gasteiger partial charge in [-0.15, -0.1) is 0 Å². The molecule has 0 fully saturated rings. The summed E-state index contributed by atoms with van der Waals surface area (Å²) >= 11 is 0. The molecule has 0 aliphatic carbocycles. The second kappa shape index (κ2) is 5.53. The van der Waals surface area contributed by atoms with Crippen molar-refractivity contribution in [2.45, 2.75) is 40.7 Å². The largest absolute Gasteiger partial charge is 0.481 e. The maximum absolute atomic E-state index is 11.2. The molecule has 2 atom stereocenters. The van der Waals surface area contributed by atoms with Gasteiger partial charge in [0.25, 0.3) is 0 Å². The van der Waals surface area contributed by atoms with Gasteiger partial charge in [0.1, 0.15) is 0 Å². The van der Waals surface area contributed by atoms with Gasteiger partial charge in [0.05, 0.1) is 5.92 Å². The molecule has 1 aromatic carbocycles. The Morgan fingerprint density at radius 2 is 1.61 bits per heavy atom. The van der Waals surface area contributed by atoms with Crippen LogP contribution in [0.15, 0.2) is 6.07 Å². The molecule has 1 rings (SSSR count).